The van der Waals surface area contributed by atoms with Crippen molar-refractivity contribution in [2.24, 2.45) is 0 Å². The van der Waals surface area contributed by atoms with Crippen molar-refractivity contribution in [2.75, 3.05) is 11.5 Å². The number of H-pyrrole nitrogens is 1. The fourth-order valence-corrected chi connectivity index (χ4v) is 1.28. The Bertz CT molecular complexity index is 474. The third kappa shape index (κ3) is 1.10. The van der Waals surface area contributed by atoms with Crippen LogP contribution in [0, 0.1) is 0 Å². The Morgan fingerprint density at radius 2 is 2.15 bits per heavy atom. The standard InChI is InChI=1S/C8H8N4O/c9-5-1-4(3-13)7-6(2-5)11-8(10)12-7/h1-3H,9H2,(H3,10,11,12). The molecule has 66 valence electrons. The highest BCUT2D eigenvalue weighted by Gasteiger charge is 2.05. The van der Waals surface area contributed by atoms with Crippen LogP contribution in [0.25, 0.3) is 11.0 Å². The number of aldehydes is 1. The van der Waals surface area contributed by atoms with Crippen molar-refractivity contribution < 1.29 is 4.79 Å². The second-order valence-electron chi connectivity index (χ2n) is 2.75. The first-order valence-corrected chi connectivity index (χ1v) is 3.70. The monoisotopic (exact) mass is 176 g/mol. The summed E-state index contributed by atoms with van der Waals surface area (Å²) in [6, 6.07) is 3.25. The van der Waals surface area contributed by atoms with E-state index in [0.29, 0.717) is 28.6 Å². The Labute approximate surface area is 73.7 Å². The summed E-state index contributed by atoms with van der Waals surface area (Å²) < 4.78 is 0. The molecule has 0 aliphatic rings. The summed E-state index contributed by atoms with van der Waals surface area (Å²) in [5, 5.41) is 0. The lowest BCUT2D eigenvalue weighted by atomic mass is 10.2. The minimum absolute atomic E-state index is 0.281. The number of hydrogen-bond donors (Lipinski definition) is 3. The van der Waals surface area contributed by atoms with Crippen molar-refractivity contribution in [3.8, 4) is 0 Å². The summed E-state index contributed by atoms with van der Waals surface area (Å²) in [5.41, 5.74) is 13.2. The van der Waals surface area contributed by atoms with Gasteiger partial charge in [0.25, 0.3) is 0 Å². The molecule has 2 aromatic rings. The van der Waals surface area contributed by atoms with Crippen LogP contribution < -0.4 is 11.5 Å². The smallest absolute Gasteiger partial charge is 0.198 e. The van der Waals surface area contributed by atoms with E-state index in [1.54, 1.807) is 12.1 Å². The van der Waals surface area contributed by atoms with E-state index >= 15 is 0 Å². The van der Waals surface area contributed by atoms with E-state index in [-0.39, 0.29) is 5.95 Å². The summed E-state index contributed by atoms with van der Waals surface area (Å²) >= 11 is 0. The van der Waals surface area contributed by atoms with Gasteiger partial charge in [0.1, 0.15) is 5.52 Å². The Hall–Kier alpha value is -2.04. The first kappa shape index (κ1) is 7.60. The average molecular weight is 176 g/mol. The van der Waals surface area contributed by atoms with Crippen LogP contribution in [0.1, 0.15) is 10.4 Å². The number of fused-ring (bicyclic) bond motifs is 1. The SMILES string of the molecule is Nc1cc(C=O)c2nc(N)[nH]c2c1. The van der Waals surface area contributed by atoms with E-state index in [2.05, 4.69) is 9.97 Å². The number of carbonyl (C=O) groups excluding carboxylic acids is 1. The number of aromatic nitrogens is 2. The van der Waals surface area contributed by atoms with Gasteiger partial charge in [-0.3, -0.25) is 4.79 Å². The first-order valence-electron chi connectivity index (χ1n) is 3.70. The fourth-order valence-electron chi connectivity index (χ4n) is 1.28. The number of benzene rings is 1. The number of nitrogens with one attached hydrogen (secondary N) is 1. The molecule has 0 spiro atoms. The van der Waals surface area contributed by atoms with Crippen molar-refractivity contribution in [1.29, 1.82) is 0 Å². The van der Waals surface area contributed by atoms with Gasteiger partial charge < -0.3 is 16.5 Å². The fraction of sp³-hybridized carbons (Fsp3) is 0. The van der Waals surface area contributed by atoms with Crippen molar-refractivity contribution in [1.82, 2.24) is 9.97 Å². The largest absolute Gasteiger partial charge is 0.399 e. The molecule has 0 radical (unpaired) electrons. The Kier molecular flexibility index (Phi) is 1.45. The Balaban J connectivity index is 2.88. The number of imidazole rings is 1. The third-order valence-electron chi connectivity index (χ3n) is 1.78. The van der Waals surface area contributed by atoms with Crippen LogP contribution in [-0.4, -0.2) is 16.3 Å². The molecule has 5 N–H and O–H groups in total. The van der Waals surface area contributed by atoms with Gasteiger partial charge in [-0.15, -0.1) is 0 Å². The molecule has 0 amide bonds. The zero-order valence-electron chi connectivity index (χ0n) is 6.74. The molecule has 0 aliphatic heterocycles. The molecule has 0 atom stereocenters. The lowest BCUT2D eigenvalue weighted by Gasteiger charge is -1.95. The molecular weight excluding hydrogens is 168 g/mol. The predicted octanol–water partition coefficient (Wildman–Crippen LogP) is 0.540. The van der Waals surface area contributed by atoms with Gasteiger partial charge in [-0.2, -0.15) is 0 Å². The van der Waals surface area contributed by atoms with Gasteiger partial charge in [-0.1, -0.05) is 0 Å². The third-order valence-corrected chi connectivity index (χ3v) is 1.78. The topological polar surface area (TPSA) is 97.8 Å². The molecule has 0 saturated heterocycles. The zero-order valence-corrected chi connectivity index (χ0v) is 6.74. The number of hydrogen-bond acceptors (Lipinski definition) is 4. The normalized spacial score (nSPS) is 10.5. The quantitative estimate of drug-likeness (QED) is 0.436. The van der Waals surface area contributed by atoms with Gasteiger partial charge in [-0.25, -0.2) is 4.98 Å². The van der Waals surface area contributed by atoms with Crippen molar-refractivity contribution in [3.05, 3.63) is 17.7 Å². The van der Waals surface area contributed by atoms with Gasteiger partial charge in [0, 0.05) is 11.3 Å². The summed E-state index contributed by atoms with van der Waals surface area (Å²) in [4.78, 5) is 17.4. The molecule has 0 aliphatic carbocycles. The highest BCUT2D eigenvalue weighted by molar-refractivity contribution is 5.97. The molecule has 1 aromatic heterocycles. The number of aromatic amines is 1. The van der Waals surface area contributed by atoms with E-state index in [1.807, 2.05) is 0 Å². The molecule has 0 saturated carbocycles. The summed E-state index contributed by atoms with van der Waals surface area (Å²) in [6.45, 7) is 0. The number of nitrogens with two attached hydrogens (primary N) is 2. The van der Waals surface area contributed by atoms with E-state index in [4.69, 9.17) is 11.5 Å². The van der Waals surface area contributed by atoms with Crippen LogP contribution in [0.4, 0.5) is 11.6 Å². The molecule has 2 rings (SSSR count). The van der Waals surface area contributed by atoms with Gasteiger partial charge in [0.2, 0.25) is 0 Å². The summed E-state index contributed by atoms with van der Waals surface area (Å²) in [6.07, 6.45) is 0.707. The molecule has 5 heteroatoms. The van der Waals surface area contributed by atoms with E-state index < -0.39 is 0 Å². The summed E-state index contributed by atoms with van der Waals surface area (Å²) in [7, 11) is 0. The van der Waals surface area contributed by atoms with Crippen LogP contribution >= 0.6 is 0 Å². The Morgan fingerprint density at radius 3 is 2.85 bits per heavy atom. The molecule has 13 heavy (non-hydrogen) atoms. The number of rotatable bonds is 1. The molecule has 1 heterocycles. The van der Waals surface area contributed by atoms with Crippen LogP contribution in [0.15, 0.2) is 12.1 Å². The van der Waals surface area contributed by atoms with Gasteiger partial charge in [0.15, 0.2) is 12.2 Å². The zero-order chi connectivity index (χ0) is 9.42. The predicted molar refractivity (Wildman–Crippen MR) is 50.3 cm³/mol. The van der Waals surface area contributed by atoms with Crippen molar-refractivity contribution in [2.45, 2.75) is 0 Å². The van der Waals surface area contributed by atoms with E-state index in [1.165, 1.54) is 0 Å². The second kappa shape index (κ2) is 2.48. The minimum Gasteiger partial charge on any atom is -0.399 e. The maximum absolute atomic E-state index is 10.6. The molecule has 0 unspecified atom stereocenters. The van der Waals surface area contributed by atoms with Crippen LogP contribution in [0.2, 0.25) is 0 Å². The lowest BCUT2D eigenvalue weighted by molar-refractivity contribution is 0.112. The molecule has 0 bridgehead atoms. The highest BCUT2D eigenvalue weighted by atomic mass is 16.1. The molecule has 0 fully saturated rings. The van der Waals surface area contributed by atoms with Gasteiger partial charge in [-0.05, 0) is 12.1 Å². The van der Waals surface area contributed by atoms with Gasteiger partial charge in [0.05, 0.1) is 5.52 Å². The number of nitrogen functional groups attached to an aromatic ring is 2. The maximum atomic E-state index is 10.6. The highest BCUT2D eigenvalue weighted by Crippen LogP contribution is 2.19. The lowest BCUT2D eigenvalue weighted by Crippen LogP contribution is -1.89. The first-order chi connectivity index (χ1) is 6.20. The van der Waals surface area contributed by atoms with Crippen molar-refractivity contribution in [3.63, 3.8) is 0 Å². The minimum atomic E-state index is 0.281. The maximum Gasteiger partial charge on any atom is 0.198 e. The summed E-state index contributed by atoms with van der Waals surface area (Å²) in [5.74, 6) is 0.281. The van der Waals surface area contributed by atoms with E-state index in [0.717, 1.165) is 0 Å². The van der Waals surface area contributed by atoms with Crippen LogP contribution in [0.5, 0.6) is 0 Å². The number of carbonyl (C=O) groups is 1. The van der Waals surface area contributed by atoms with Crippen LogP contribution in [0.3, 0.4) is 0 Å². The second-order valence-corrected chi connectivity index (χ2v) is 2.75. The van der Waals surface area contributed by atoms with Gasteiger partial charge >= 0.3 is 0 Å². The van der Waals surface area contributed by atoms with E-state index in [9.17, 15) is 4.79 Å². The van der Waals surface area contributed by atoms with Crippen LogP contribution in [-0.2, 0) is 0 Å². The average Bonchev–Trinajstić information content (AvgIpc) is 2.43. The van der Waals surface area contributed by atoms with Crippen molar-refractivity contribution >= 4 is 29.0 Å². The molecule has 5 nitrogen and oxygen atoms in total. The molecular formula is C8H8N4O. The Morgan fingerprint density at radius 1 is 1.38 bits per heavy atom. The molecule has 1 aromatic carbocycles. The number of nitrogens with zero attached hydrogens (tertiary/aromatic N) is 1. The number of anilines is 2.